The Morgan fingerprint density at radius 3 is 2.81 bits per heavy atom. The standard InChI is InChI=1S/C21H17ClN2O2/c22-14-9-11-18-16(12-14)15(5-3-7-20(25)26)21(24-18)19-10-8-13-4-1-2-6-17(13)23-19/h1-2,4,6,8-12,24H,3,5,7H2,(H,25,26)/p-1. The molecule has 0 unspecified atom stereocenters. The van der Waals surface area contributed by atoms with Gasteiger partial charge in [-0.1, -0.05) is 35.9 Å². The van der Waals surface area contributed by atoms with Crippen LogP contribution >= 0.6 is 11.6 Å². The third-order valence-corrected chi connectivity index (χ3v) is 4.77. The van der Waals surface area contributed by atoms with E-state index in [1.54, 1.807) is 0 Å². The molecule has 0 radical (unpaired) electrons. The molecule has 0 aliphatic rings. The summed E-state index contributed by atoms with van der Waals surface area (Å²) >= 11 is 6.17. The minimum atomic E-state index is -1.03. The highest BCUT2D eigenvalue weighted by Gasteiger charge is 2.15. The van der Waals surface area contributed by atoms with E-state index in [2.05, 4.69) is 4.98 Å². The van der Waals surface area contributed by atoms with Crippen LogP contribution in [0.25, 0.3) is 33.2 Å². The molecule has 0 fully saturated rings. The first-order chi connectivity index (χ1) is 12.6. The van der Waals surface area contributed by atoms with Crippen molar-refractivity contribution in [3.63, 3.8) is 0 Å². The summed E-state index contributed by atoms with van der Waals surface area (Å²) in [5, 5.41) is 13.5. The lowest BCUT2D eigenvalue weighted by atomic mass is 10.0. The van der Waals surface area contributed by atoms with Crippen LogP contribution < -0.4 is 5.11 Å². The number of aromatic amines is 1. The quantitative estimate of drug-likeness (QED) is 0.580. The lowest BCUT2D eigenvalue weighted by molar-refractivity contribution is -0.305. The van der Waals surface area contributed by atoms with Gasteiger partial charge >= 0.3 is 0 Å². The van der Waals surface area contributed by atoms with E-state index in [-0.39, 0.29) is 6.42 Å². The van der Waals surface area contributed by atoms with Crippen molar-refractivity contribution in [3.05, 3.63) is 65.2 Å². The van der Waals surface area contributed by atoms with Gasteiger partial charge in [-0.25, -0.2) is 4.98 Å². The number of carboxylic acids is 1. The van der Waals surface area contributed by atoms with Crippen molar-refractivity contribution in [1.29, 1.82) is 0 Å². The molecule has 2 aromatic heterocycles. The van der Waals surface area contributed by atoms with E-state index >= 15 is 0 Å². The van der Waals surface area contributed by atoms with E-state index in [0.717, 1.165) is 38.8 Å². The van der Waals surface area contributed by atoms with Gasteiger partial charge in [-0.3, -0.25) is 0 Å². The third kappa shape index (κ3) is 3.16. The highest BCUT2D eigenvalue weighted by molar-refractivity contribution is 6.31. The number of benzene rings is 2. The maximum atomic E-state index is 10.8. The number of fused-ring (bicyclic) bond motifs is 2. The van der Waals surface area contributed by atoms with Crippen LogP contribution in [0.3, 0.4) is 0 Å². The van der Waals surface area contributed by atoms with E-state index in [4.69, 9.17) is 16.6 Å². The summed E-state index contributed by atoms with van der Waals surface area (Å²) in [6, 6.07) is 17.7. The number of nitrogens with one attached hydrogen (secondary N) is 1. The van der Waals surface area contributed by atoms with Gasteiger partial charge in [0.1, 0.15) is 0 Å². The number of para-hydroxylation sites is 1. The molecule has 0 aliphatic heterocycles. The lowest BCUT2D eigenvalue weighted by Crippen LogP contribution is -2.21. The van der Waals surface area contributed by atoms with Crippen molar-refractivity contribution in [2.45, 2.75) is 19.3 Å². The normalized spacial score (nSPS) is 11.3. The number of rotatable bonds is 5. The van der Waals surface area contributed by atoms with Crippen molar-refractivity contribution in [3.8, 4) is 11.4 Å². The van der Waals surface area contributed by atoms with Crippen LogP contribution in [0.2, 0.25) is 5.02 Å². The van der Waals surface area contributed by atoms with E-state index in [0.29, 0.717) is 17.9 Å². The van der Waals surface area contributed by atoms with Crippen molar-refractivity contribution >= 4 is 39.4 Å². The summed E-state index contributed by atoms with van der Waals surface area (Å²) in [4.78, 5) is 19.0. The lowest BCUT2D eigenvalue weighted by Gasteiger charge is -2.07. The number of halogens is 1. The Balaban J connectivity index is 1.84. The maximum absolute atomic E-state index is 10.8. The highest BCUT2D eigenvalue weighted by Crippen LogP contribution is 2.33. The SMILES string of the molecule is O=C([O-])CCCc1c(-c2ccc3ccccc3n2)[nH]c2ccc(Cl)cc12. The van der Waals surface area contributed by atoms with Gasteiger partial charge in [-0.2, -0.15) is 0 Å². The molecule has 0 amide bonds. The number of nitrogens with zero attached hydrogens (tertiary/aromatic N) is 1. The van der Waals surface area contributed by atoms with Gasteiger partial charge < -0.3 is 14.9 Å². The number of aliphatic carboxylic acids is 1. The van der Waals surface area contributed by atoms with E-state index in [9.17, 15) is 9.90 Å². The van der Waals surface area contributed by atoms with Crippen LogP contribution in [0.15, 0.2) is 54.6 Å². The summed E-state index contributed by atoms with van der Waals surface area (Å²) in [5.74, 6) is -1.03. The van der Waals surface area contributed by atoms with Crippen LogP contribution in [0, 0.1) is 0 Å². The Labute approximate surface area is 155 Å². The van der Waals surface area contributed by atoms with Crippen molar-refractivity contribution in [2.24, 2.45) is 0 Å². The van der Waals surface area contributed by atoms with Crippen LogP contribution in [0.1, 0.15) is 18.4 Å². The summed E-state index contributed by atoms with van der Waals surface area (Å²) in [6.45, 7) is 0. The van der Waals surface area contributed by atoms with Gasteiger partial charge in [0, 0.05) is 27.3 Å². The van der Waals surface area contributed by atoms with Gasteiger partial charge in [0.05, 0.1) is 16.9 Å². The average Bonchev–Trinajstić information content (AvgIpc) is 2.99. The molecule has 1 N–H and O–H groups in total. The number of aryl methyl sites for hydroxylation is 1. The minimum Gasteiger partial charge on any atom is -0.550 e. The minimum absolute atomic E-state index is 0.0256. The molecule has 4 nitrogen and oxygen atoms in total. The zero-order valence-corrected chi connectivity index (χ0v) is 14.7. The Bertz CT molecular complexity index is 1120. The molecule has 2 heterocycles. The molecular weight excluding hydrogens is 348 g/mol. The Kier molecular flexibility index (Phi) is 4.35. The van der Waals surface area contributed by atoms with Gasteiger partial charge in [0.25, 0.3) is 0 Å². The molecule has 0 aliphatic carbocycles. The molecule has 4 rings (SSSR count). The van der Waals surface area contributed by atoms with E-state index in [1.165, 1.54) is 0 Å². The van der Waals surface area contributed by atoms with Crippen molar-refractivity contribution in [1.82, 2.24) is 9.97 Å². The molecule has 4 aromatic rings. The van der Waals surface area contributed by atoms with Crippen LogP contribution in [-0.4, -0.2) is 15.9 Å². The number of pyridine rings is 1. The Morgan fingerprint density at radius 2 is 1.96 bits per heavy atom. The number of H-pyrrole nitrogens is 1. The number of carboxylic acid groups (broad SMARTS) is 1. The first kappa shape index (κ1) is 16.6. The molecular formula is C21H16ClN2O2-. The third-order valence-electron chi connectivity index (χ3n) is 4.53. The average molecular weight is 364 g/mol. The second-order valence-electron chi connectivity index (χ2n) is 6.28. The van der Waals surface area contributed by atoms with E-state index < -0.39 is 5.97 Å². The molecule has 2 aromatic carbocycles. The number of carbonyl (C=O) groups is 1. The second-order valence-corrected chi connectivity index (χ2v) is 6.72. The first-order valence-corrected chi connectivity index (χ1v) is 8.86. The van der Waals surface area contributed by atoms with Gasteiger partial charge in [-0.15, -0.1) is 0 Å². The van der Waals surface area contributed by atoms with E-state index in [1.807, 2.05) is 54.6 Å². The van der Waals surface area contributed by atoms with Gasteiger partial charge in [0.15, 0.2) is 0 Å². The van der Waals surface area contributed by atoms with Crippen molar-refractivity contribution in [2.75, 3.05) is 0 Å². The van der Waals surface area contributed by atoms with Crippen LogP contribution in [0.5, 0.6) is 0 Å². The zero-order chi connectivity index (χ0) is 18.1. The topological polar surface area (TPSA) is 68.8 Å². The fourth-order valence-electron chi connectivity index (χ4n) is 3.31. The maximum Gasteiger partial charge on any atom is 0.0875 e. The fourth-order valence-corrected chi connectivity index (χ4v) is 3.49. The Morgan fingerprint density at radius 1 is 1.12 bits per heavy atom. The van der Waals surface area contributed by atoms with Crippen LogP contribution in [-0.2, 0) is 11.2 Å². The number of carbonyl (C=O) groups excluding carboxylic acids is 1. The Hall–Kier alpha value is -2.85. The van der Waals surface area contributed by atoms with Gasteiger partial charge in [0.2, 0.25) is 0 Å². The first-order valence-electron chi connectivity index (χ1n) is 8.48. The summed E-state index contributed by atoms with van der Waals surface area (Å²) in [7, 11) is 0. The summed E-state index contributed by atoms with van der Waals surface area (Å²) in [5.41, 5.74) is 4.66. The predicted octanol–water partition coefficient (Wildman–Crippen LogP) is 4.11. The summed E-state index contributed by atoms with van der Waals surface area (Å²) in [6.07, 6.45) is 1.14. The molecule has 0 bridgehead atoms. The number of hydrogen-bond donors (Lipinski definition) is 1. The second kappa shape index (κ2) is 6.81. The number of aromatic nitrogens is 2. The molecule has 5 heteroatoms. The highest BCUT2D eigenvalue weighted by atomic mass is 35.5. The smallest absolute Gasteiger partial charge is 0.0875 e. The van der Waals surface area contributed by atoms with Crippen LogP contribution in [0.4, 0.5) is 0 Å². The molecule has 130 valence electrons. The largest absolute Gasteiger partial charge is 0.550 e. The molecule has 0 spiro atoms. The number of hydrogen-bond acceptors (Lipinski definition) is 3. The predicted molar refractivity (Wildman–Crippen MR) is 102 cm³/mol. The molecule has 26 heavy (non-hydrogen) atoms. The van der Waals surface area contributed by atoms with Gasteiger partial charge in [-0.05, 0) is 55.2 Å². The van der Waals surface area contributed by atoms with Crippen molar-refractivity contribution < 1.29 is 9.90 Å². The summed E-state index contributed by atoms with van der Waals surface area (Å²) < 4.78 is 0. The molecule has 0 atom stereocenters. The zero-order valence-electron chi connectivity index (χ0n) is 14.0. The monoisotopic (exact) mass is 363 g/mol. The molecule has 0 saturated heterocycles. The fraction of sp³-hybridized carbons (Fsp3) is 0.143. The molecule has 0 saturated carbocycles.